The molecule has 1 fully saturated rings. The first-order chi connectivity index (χ1) is 9.20. The van der Waals surface area contributed by atoms with Gasteiger partial charge in [-0.3, -0.25) is 9.69 Å². The Morgan fingerprint density at radius 1 is 1.47 bits per heavy atom. The van der Waals surface area contributed by atoms with Crippen LogP contribution < -0.4 is 5.32 Å². The van der Waals surface area contributed by atoms with Crippen LogP contribution in [0.4, 0.5) is 0 Å². The summed E-state index contributed by atoms with van der Waals surface area (Å²) < 4.78 is 0. The molecule has 1 saturated heterocycles. The number of carbonyl (C=O) groups excluding carboxylic acids is 1. The standard InChI is InChI=1S/C15H22N2O2/c1-12(13-6-3-2-4-7-13)16-15(19)10-17-9-5-8-14(17)11-18/h2-4,6-7,12,14,18H,5,8-11H2,1H3,(H,16,19)/t12-,14+/m1/s1. The van der Waals surface area contributed by atoms with Crippen LogP contribution in [0.25, 0.3) is 0 Å². The van der Waals surface area contributed by atoms with Crippen LogP contribution >= 0.6 is 0 Å². The van der Waals surface area contributed by atoms with E-state index in [0.29, 0.717) is 6.54 Å². The van der Waals surface area contributed by atoms with E-state index in [1.54, 1.807) is 0 Å². The molecule has 1 heterocycles. The van der Waals surface area contributed by atoms with Gasteiger partial charge in [0.15, 0.2) is 0 Å². The lowest BCUT2D eigenvalue weighted by Crippen LogP contribution is -2.41. The van der Waals surface area contributed by atoms with Gasteiger partial charge in [0.1, 0.15) is 0 Å². The summed E-state index contributed by atoms with van der Waals surface area (Å²) in [5, 5.41) is 12.2. The van der Waals surface area contributed by atoms with Gasteiger partial charge in [-0.25, -0.2) is 0 Å². The lowest BCUT2D eigenvalue weighted by Gasteiger charge is -2.23. The minimum absolute atomic E-state index is 0.0175. The summed E-state index contributed by atoms with van der Waals surface area (Å²) in [4.78, 5) is 14.1. The number of hydrogen-bond acceptors (Lipinski definition) is 3. The first-order valence-electron chi connectivity index (χ1n) is 6.90. The first-order valence-corrected chi connectivity index (χ1v) is 6.90. The van der Waals surface area contributed by atoms with Crippen LogP contribution in [0.5, 0.6) is 0 Å². The number of carbonyl (C=O) groups is 1. The van der Waals surface area contributed by atoms with Crippen LogP contribution in [-0.4, -0.2) is 41.7 Å². The van der Waals surface area contributed by atoms with E-state index in [-0.39, 0.29) is 24.6 Å². The molecule has 1 amide bonds. The molecule has 104 valence electrons. The van der Waals surface area contributed by atoms with Crippen molar-refractivity contribution in [1.82, 2.24) is 10.2 Å². The Bertz CT molecular complexity index is 408. The Labute approximate surface area is 114 Å². The Morgan fingerprint density at radius 3 is 2.89 bits per heavy atom. The number of amides is 1. The molecular weight excluding hydrogens is 240 g/mol. The van der Waals surface area contributed by atoms with Gasteiger partial charge in [0.25, 0.3) is 0 Å². The van der Waals surface area contributed by atoms with Crippen molar-refractivity contribution in [3.05, 3.63) is 35.9 Å². The second-order valence-corrected chi connectivity index (χ2v) is 5.15. The number of aliphatic hydroxyl groups excluding tert-OH is 1. The highest BCUT2D eigenvalue weighted by Crippen LogP contribution is 2.16. The zero-order valence-electron chi connectivity index (χ0n) is 11.4. The van der Waals surface area contributed by atoms with Crippen molar-refractivity contribution in [3.8, 4) is 0 Å². The van der Waals surface area contributed by atoms with Crippen molar-refractivity contribution in [3.63, 3.8) is 0 Å². The Balaban J connectivity index is 1.84. The molecule has 0 radical (unpaired) electrons. The van der Waals surface area contributed by atoms with Crippen molar-refractivity contribution in [2.24, 2.45) is 0 Å². The van der Waals surface area contributed by atoms with E-state index in [2.05, 4.69) is 10.2 Å². The largest absolute Gasteiger partial charge is 0.395 e. The van der Waals surface area contributed by atoms with E-state index < -0.39 is 0 Å². The molecule has 2 atom stereocenters. The number of rotatable bonds is 5. The quantitative estimate of drug-likeness (QED) is 0.841. The molecule has 2 rings (SSSR count). The smallest absolute Gasteiger partial charge is 0.234 e. The van der Waals surface area contributed by atoms with Crippen LogP contribution in [0.3, 0.4) is 0 Å². The maximum Gasteiger partial charge on any atom is 0.234 e. The maximum atomic E-state index is 12.0. The van der Waals surface area contributed by atoms with Crippen molar-refractivity contribution in [1.29, 1.82) is 0 Å². The minimum atomic E-state index is 0.0175. The van der Waals surface area contributed by atoms with Crippen molar-refractivity contribution in [2.45, 2.75) is 31.8 Å². The second-order valence-electron chi connectivity index (χ2n) is 5.15. The van der Waals surface area contributed by atoms with Crippen LogP contribution in [0, 0.1) is 0 Å². The molecule has 0 aliphatic carbocycles. The summed E-state index contributed by atoms with van der Waals surface area (Å²) in [5.74, 6) is 0.0247. The summed E-state index contributed by atoms with van der Waals surface area (Å²) in [6, 6.07) is 10.1. The lowest BCUT2D eigenvalue weighted by atomic mass is 10.1. The highest BCUT2D eigenvalue weighted by Gasteiger charge is 2.25. The molecule has 4 nitrogen and oxygen atoms in total. The summed E-state index contributed by atoms with van der Waals surface area (Å²) in [7, 11) is 0. The minimum Gasteiger partial charge on any atom is -0.395 e. The molecule has 1 aromatic carbocycles. The van der Waals surface area contributed by atoms with Gasteiger partial charge in [0.2, 0.25) is 5.91 Å². The topological polar surface area (TPSA) is 52.6 Å². The molecule has 1 aromatic rings. The summed E-state index contributed by atoms with van der Waals surface area (Å²) in [6.07, 6.45) is 2.05. The zero-order valence-corrected chi connectivity index (χ0v) is 11.4. The first kappa shape index (κ1) is 14.0. The van der Waals surface area contributed by atoms with Gasteiger partial charge >= 0.3 is 0 Å². The van der Waals surface area contributed by atoms with E-state index in [4.69, 9.17) is 0 Å². The third-order valence-corrected chi connectivity index (χ3v) is 3.73. The summed E-state index contributed by atoms with van der Waals surface area (Å²) >= 11 is 0. The monoisotopic (exact) mass is 262 g/mol. The normalized spacial score (nSPS) is 21.3. The molecular formula is C15H22N2O2. The fourth-order valence-corrected chi connectivity index (χ4v) is 2.61. The van der Waals surface area contributed by atoms with Gasteiger partial charge in [0, 0.05) is 6.04 Å². The highest BCUT2D eigenvalue weighted by atomic mass is 16.3. The van der Waals surface area contributed by atoms with Crippen molar-refractivity contribution >= 4 is 5.91 Å². The van der Waals surface area contributed by atoms with E-state index in [1.165, 1.54) is 0 Å². The fourth-order valence-electron chi connectivity index (χ4n) is 2.61. The average Bonchev–Trinajstić information content (AvgIpc) is 2.86. The average molecular weight is 262 g/mol. The number of likely N-dealkylation sites (tertiary alicyclic amines) is 1. The second kappa shape index (κ2) is 6.68. The van der Waals surface area contributed by atoms with Crippen LogP contribution in [0.15, 0.2) is 30.3 Å². The van der Waals surface area contributed by atoms with Gasteiger partial charge in [-0.1, -0.05) is 30.3 Å². The summed E-state index contributed by atoms with van der Waals surface area (Å²) in [5.41, 5.74) is 1.11. The molecule has 0 aromatic heterocycles. The maximum absolute atomic E-state index is 12.0. The van der Waals surface area contributed by atoms with E-state index >= 15 is 0 Å². The van der Waals surface area contributed by atoms with Gasteiger partial charge in [-0.05, 0) is 31.9 Å². The molecule has 2 N–H and O–H groups in total. The molecule has 0 saturated carbocycles. The Kier molecular flexibility index (Phi) is 4.93. The number of hydrogen-bond donors (Lipinski definition) is 2. The Morgan fingerprint density at radius 2 is 2.21 bits per heavy atom. The zero-order chi connectivity index (χ0) is 13.7. The van der Waals surface area contributed by atoms with E-state index in [0.717, 1.165) is 24.9 Å². The van der Waals surface area contributed by atoms with E-state index in [1.807, 2.05) is 37.3 Å². The Hall–Kier alpha value is -1.39. The van der Waals surface area contributed by atoms with Gasteiger partial charge in [-0.15, -0.1) is 0 Å². The fraction of sp³-hybridized carbons (Fsp3) is 0.533. The number of aliphatic hydroxyl groups is 1. The van der Waals surface area contributed by atoms with Crippen molar-refractivity contribution in [2.75, 3.05) is 19.7 Å². The number of nitrogens with one attached hydrogen (secondary N) is 1. The molecule has 4 heteroatoms. The molecule has 1 aliphatic heterocycles. The van der Waals surface area contributed by atoms with Crippen LogP contribution in [0.1, 0.15) is 31.4 Å². The summed E-state index contributed by atoms with van der Waals surface area (Å²) in [6.45, 7) is 3.41. The lowest BCUT2D eigenvalue weighted by molar-refractivity contribution is -0.123. The van der Waals surface area contributed by atoms with E-state index in [9.17, 15) is 9.90 Å². The molecule has 0 unspecified atom stereocenters. The SMILES string of the molecule is C[C@@H](NC(=O)CN1CCC[C@H]1CO)c1ccccc1. The third-order valence-electron chi connectivity index (χ3n) is 3.73. The number of nitrogens with zero attached hydrogens (tertiary/aromatic N) is 1. The van der Waals surface area contributed by atoms with Gasteiger partial charge in [0.05, 0.1) is 19.2 Å². The highest BCUT2D eigenvalue weighted by molar-refractivity contribution is 5.78. The molecule has 0 spiro atoms. The molecule has 19 heavy (non-hydrogen) atoms. The van der Waals surface area contributed by atoms with Crippen molar-refractivity contribution < 1.29 is 9.90 Å². The number of benzene rings is 1. The van der Waals surface area contributed by atoms with Crippen LogP contribution in [-0.2, 0) is 4.79 Å². The molecule has 1 aliphatic rings. The third kappa shape index (κ3) is 3.78. The predicted octanol–water partition coefficient (Wildman–Crippen LogP) is 1.32. The van der Waals surface area contributed by atoms with Crippen LogP contribution in [0.2, 0.25) is 0 Å². The molecule has 0 bridgehead atoms. The van der Waals surface area contributed by atoms with Gasteiger partial charge in [-0.2, -0.15) is 0 Å². The van der Waals surface area contributed by atoms with Gasteiger partial charge < -0.3 is 10.4 Å². The predicted molar refractivity (Wildman–Crippen MR) is 74.7 cm³/mol.